The van der Waals surface area contributed by atoms with E-state index in [0.29, 0.717) is 40.7 Å². The summed E-state index contributed by atoms with van der Waals surface area (Å²) in [5.41, 5.74) is 9.53. The van der Waals surface area contributed by atoms with Crippen LogP contribution in [0.4, 0.5) is 10.6 Å². The van der Waals surface area contributed by atoms with Crippen molar-refractivity contribution in [3.05, 3.63) is 46.4 Å². The molecule has 1 amide bonds. The summed E-state index contributed by atoms with van der Waals surface area (Å²) < 4.78 is 13.2. The van der Waals surface area contributed by atoms with E-state index in [2.05, 4.69) is 16.5 Å². The molecule has 2 N–H and O–H groups in total. The first-order valence-electron chi connectivity index (χ1n) is 11.4. The first-order valence-corrected chi connectivity index (χ1v) is 11.8. The smallest absolute Gasteiger partial charge is 0.410 e. The molecule has 1 saturated heterocycles. The van der Waals surface area contributed by atoms with Gasteiger partial charge in [-0.1, -0.05) is 18.2 Å². The lowest BCUT2D eigenvalue weighted by Crippen LogP contribution is -2.50. The highest BCUT2D eigenvalue weighted by Crippen LogP contribution is 2.44. The molecule has 1 atom stereocenters. The first-order chi connectivity index (χ1) is 16.5. The Morgan fingerprint density at radius 2 is 2.03 bits per heavy atom. The molecular weight excluding hydrogens is 468 g/mol. The Balaban J connectivity index is 1.74. The van der Waals surface area contributed by atoms with Gasteiger partial charge in [0.15, 0.2) is 5.65 Å². The fourth-order valence-electron chi connectivity index (χ4n) is 4.50. The fourth-order valence-corrected chi connectivity index (χ4v) is 4.72. The lowest BCUT2D eigenvalue weighted by atomic mass is 9.85. The molecule has 1 fully saturated rings. The molecular formula is C25H31ClN6O3. The fraction of sp³-hybridized carbons (Fsp3) is 0.440. The molecule has 2 aromatic heterocycles. The van der Waals surface area contributed by atoms with Crippen LogP contribution in [-0.4, -0.2) is 56.5 Å². The normalized spacial score (nSPS) is 15.1. The lowest BCUT2D eigenvalue weighted by molar-refractivity contribution is 0.00793. The predicted molar refractivity (Wildman–Crippen MR) is 137 cm³/mol. The highest BCUT2D eigenvalue weighted by molar-refractivity contribution is 6.31. The van der Waals surface area contributed by atoms with Crippen LogP contribution in [0.5, 0.6) is 5.75 Å². The maximum Gasteiger partial charge on any atom is 0.410 e. The van der Waals surface area contributed by atoms with Crippen LogP contribution in [0.15, 0.2) is 19.0 Å². The van der Waals surface area contributed by atoms with Crippen molar-refractivity contribution in [1.29, 1.82) is 0 Å². The Bertz CT molecular complexity index is 1310. The van der Waals surface area contributed by atoms with E-state index in [9.17, 15) is 4.79 Å². The third-order valence-corrected chi connectivity index (χ3v) is 6.64. The molecule has 9 nitrogen and oxygen atoms in total. The number of hydrogen-bond donors (Lipinski definition) is 1. The number of hydrogen-bond acceptors (Lipinski definition) is 7. The predicted octanol–water partition coefficient (Wildman–Crippen LogP) is 4.97. The molecule has 35 heavy (non-hydrogen) atoms. The third-order valence-electron chi connectivity index (χ3n) is 6.25. The number of likely N-dealkylation sites (tertiary alicyclic amines) is 1. The Kier molecular flexibility index (Phi) is 6.40. The van der Waals surface area contributed by atoms with Gasteiger partial charge in [-0.3, -0.25) is 0 Å². The van der Waals surface area contributed by atoms with Gasteiger partial charge in [0.05, 0.1) is 24.2 Å². The van der Waals surface area contributed by atoms with Gasteiger partial charge in [-0.05, 0) is 52.3 Å². The van der Waals surface area contributed by atoms with Crippen molar-refractivity contribution in [1.82, 2.24) is 24.6 Å². The van der Waals surface area contributed by atoms with Crippen molar-refractivity contribution in [2.45, 2.75) is 52.2 Å². The molecule has 10 heteroatoms. The number of benzene rings is 1. The van der Waals surface area contributed by atoms with Crippen LogP contribution in [-0.2, 0) is 4.74 Å². The van der Waals surface area contributed by atoms with Gasteiger partial charge in [0.1, 0.15) is 23.5 Å². The average molecular weight is 499 g/mol. The molecule has 3 heterocycles. The largest absolute Gasteiger partial charge is 0.496 e. The van der Waals surface area contributed by atoms with Gasteiger partial charge in [-0.2, -0.15) is 5.10 Å². The van der Waals surface area contributed by atoms with Gasteiger partial charge in [-0.25, -0.2) is 19.4 Å². The summed E-state index contributed by atoms with van der Waals surface area (Å²) in [6.45, 7) is 14.4. The number of nitrogen functional groups attached to an aromatic ring is 1. The van der Waals surface area contributed by atoms with Crippen molar-refractivity contribution >= 4 is 40.6 Å². The number of methoxy groups -OCH3 is 1. The van der Waals surface area contributed by atoms with Crippen LogP contribution in [0.2, 0.25) is 5.02 Å². The minimum Gasteiger partial charge on any atom is -0.496 e. The minimum absolute atomic E-state index is 0.0678. The lowest BCUT2D eigenvalue weighted by Gasteiger charge is -2.41. The maximum atomic E-state index is 12.5. The second-order valence-electron chi connectivity index (χ2n) is 9.77. The van der Waals surface area contributed by atoms with E-state index in [4.69, 9.17) is 31.9 Å². The number of aromatic nitrogens is 4. The van der Waals surface area contributed by atoms with Crippen LogP contribution in [0.25, 0.3) is 17.1 Å². The number of fused-ring (bicyclic) bond motifs is 1. The third kappa shape index (κ3) is 4.40. The van der Waals surface area contributed by atoms with Crippen LogP contribution in [0, 0.1) is 6.92 Å². The number of amides is 1. The maximum absolute atomic E-state index is 12.5. The second kappa shape index (κ2) is 9.03. The van der Waals surface area contributed by atoms with Gasteiger partial charge < -0.3 is 20.1 Å². The van der Waals surface area contributed by atoms with E-state index in [1.54, 1.807) is 22.8 Å². The number of nitrogens with two attached hydrogens (primary N) is 1. The molecule has 1 unspecified atom stereocenters. The number of ether oxygens (including phenoxy) is 2. The number of carbonyl (C=O) groups is 1. The van der Waals surface area contributed by atoms with E-state index in [1.165, 1.54) is 6.33 Å². The Morgan fingerprint density at radius 3 is 2.63 bits per heavy atom. The summed E-state index contributed by atoms with van der Waals surface area (Å²) in [6.07, 6.45) is 2.73. The standard InChI is InChI=1S/C25H31ClN6O3/c1-8-18-20-22(27)28-12-29-23(20)32(30-18)14(3)16-9-17(26)13(2)19(21(16)34-7)15-10-31(11-15)24(33)35-25(4,5)6/h8-9,12,14-15H,1,10-11H2,2-7H3,(H2,27,28,29). The van der Waals surface area contributed by atoms with Crippen LogP contribution in [0.3, 0.4) is 0 Å². The van der Waals surface area contributed by atoms with E-state index in [1.807, 2.05) is 40.7 Å². The number of halogens is 1. The second-order valence-corrected chi connectivity index (χ2v) is 10.2. The summed E-state index contributed by atoms with van der Waals surface area (Å²) >= 11 is 6.71. The van der Waals surface area contributed by atoms with Crippen molar-refractivity contribution in [3.63, 3.8) is 0 Å². The van der Waals surface area contributed by atoms with E-state index < -0.39 is 5.60 Å². The van der Waals surface area contributed by atoms with E-state index >= 15 is 0 Å². The van der Waals surface area contributed by atoms with E-state index in [-0.39, 0.29) is 18.1 Å². The zero-order valence-electron chi connectivity index (χ0n) is 20.9. The van der Waals surface area contributed by atoms with Gasteiger partial charge in [0, 0.05) is 35.2 Å². The quantitative estimate of drug-likeness (QED) is 0.529. The van der Waals surface area contributed by atoms with Crippen molar-refractivity contribution in [2.75, 3.05) is 25.9 Å². The molecule has 0 saturated carbocycles. The Labute approximate surface area is 209 Å². The summed E-state index contributed by atoms with van der Waals surface area (Å²) in [5.74, 6) is 1.13. The molecule has 1 aliphatic rings. The SMILES string of the molecule is C=Cc1nn(C(C)c2cc(Cl)c(C)c(C3CN(C(=O)OC(C)(C)C)C3)c2OC)c2ncnc(N)c12. The monoisotopic (exact) mass is 498 g/mol. The first kappa shape index (κ1) is 24.8. The number of nitrogens with zero attached hydrogens (tertiary/aromatic N) is 5. The van der Waals surface area contributed by atoms with Crippen molar-refractivity contribution < 1.29 is 14.3 Å². The summed E-state index contributed by atoms with van der Waals surface area (Å²) in [7, 11) is 1.64. The molecule has 0 aliphatic carbocycles. The number of anilines is 1. The topological polar surface area (TPSA) is 108 Å². The summed E-state index contributed by atoms with van der Waals surface area (Å²) in [5, 5.41) is 5.97. The molecule has 1 aromatic carbocycles. The molecule has 0 bridgehead atoms. The van der Waals surface area contributed by atoms with Crippen LogP contribution in [0.1, 0.15) is 62.0 Å². The number of rotatable bonds is 5. The molecule has 1 aliphatic heterocycles. The van der Waals surface area contributed by atoms with E-state index in [0.717, 1.165) is 22.4 Å². The highest BCUT2D eigenvalue weighted by atomic mass is 35.5. The van der Waals surface area contributed by atoms with Gasteiger partial charge >= 0.3 is 6.09 Å². The summed E-state index contributed by atoms with van der Waals surface area (Å²) in [4.78, 5) is 22.7. The molecule has 4 rings (SSSR count). The zero-order valence-corrected chi connectivity index (χ0v) is 21.7. The van der Waals surface area contributed by atoms with Gasteiger partial charge in [0.2, 0.25) is 0 Å². The van der Waals surface area contributed by atoms with Gasteiger partial charge in [-0.15, -0.1) is 0 Å². The van der Waals surface area contributed by atoms with Crippen molar-refractivity contribution in [3.8, 4) is 5.75 Å². The Morgan fingerprint density at radius 1 is 1.34 bits per heavy atom. The van der Waals surface area contributed by atoms with Crippen LogP contribution < -0.4 is 10.5 Å². The molecule has 3 aromatic rings. The molecule has 0 radical (unpaired) electrons. The molecule has 186 valence electrons. The minimum atomic E-state index is -0.543. The zero-order chi connectivity index (χ0) is 25.7. The number of carbonyl (C=O) groups excluding carboxylic acids is 1. The highest BCUT2D eigenvalue weighted by Gasteiger charge is 2.38. The van der Waals surface area contributed by atoms with Gasteiger partial charge in [0.25, 0.3) is 0 Å². The molecule has 0 spiro atoms. The summed E-state index contributed by atoms with van der Waals surface area (Å²) in [6, 6.07) is 1.62. The Hall–Kier alpha value is -3.33. The van der Waals surface area contributed by atoms with Crippen LogP contribution >= 0.6 is 11.6 Å². The average Bonchev–Trinajstić information content (AvgIpc) is 3.13. The van der Waals surface area contributed by atoms with Crippen molar-refractivity contribution in [2.24, 2.45) is 0 Å².